The van der Waals surface area contributed by atoms with Crippen LogP contribution in [0.5, 0.6) is 0 Å². The van der Waals surface area contributed by atoms with Gasteiger partial charge < -0.3 is 10.6 Å². The fourth-order valence-electron chi connectivity index (χ4n) is 1.40. The molecule has 0 radical (unpaired) electrons. The van der Waals surface area contributed by atoms with Gasteiger partial charge in [-0.3, -0.25) is 4.79 Å². The summed E-state index contributed by atoms with van der Waals surface area (Å²) in [5.74, 6) is -0.0688. The topological polar surface area (TPSA) is 41.1 Å². The number of carbonyl (C=O) groups is 1. The Kier molecular flexibility index (Phi) is 3.84. The first-order valence-corrected chi connectivity index (χ1v) is 6.69. The van der Waals surface area contributed by atoms with Crippen molar-refractivity contribution in [2.75, 3.05) is 13.1 Å². The molecule has 88 valence electrons. The lowest BCUT2D eigenvalue weighted by Gasteiger charge is -2.04. The second-order valence-electron chi connectivity index (χ2n) is 4.05. The third-order valence-electron chi connectivity index (χ3n) is 2.53. The molecule has 1 saturated carbocycles. The van der Waals surface area contributed by atoms with Gasteiger partial charge in [0, 0.05) is 19.1 Å². The minimum Gasteiger partial charge on any atom is -0.350 e. The van der Waals surface area contributed by atoms with Gasteiger partial charge in [-0.05, 0) is 30.7 Å². The Morgan fingerprint density at radius 2 is 2.31 bits per heavy atom. The van der Waals surface area contributed by atoms with E-state index in [4.69, 9.17) is 11.6 Å². The number of nitrogens with one attached hydrogen (secondary N) is 2. The van der Waals surface area contributed by atoms with Crippen molar-refractivity contribution in [2.24, 2.45) is 0 Å². The van der Waals surface area contributed by atoms with E-state index < -0.39 is 0 Å². The molecule has 1 aromatic rings. The van der Waals surface area contributed by atoms with E-state index in [1.165, 1.54) is 24.2 Å². The van der Waals surface area contributed by atoms with Gasteiger partial charge >= 0.3 is 0 Å². The first-order chi connectivity index (χ1) is 7.68. The molecule has 0 atom stereocenters. The summed E-state index contributed by atoms with van der Waals surface area (Å²) in [7, 11) is 0. The van der Waals surface area contributed by atoms with E-state index in [-0.39, 0.29) is 5.91 Å². The lowest BCUT2D eigenvalue weighted by atomic mass is 10.3. The Balaban J connectivity index is 1.76. The number of hydrogen-bond acceptors (Lipinski definition) is 3. The fourth-order valence-corrected chi connectivity index (χ4v) is 2.60. The van der Waals surface area contributed by atoms with Crippen LogP contribution >= 0.6 is 22.9 Å². The van der Waals surface area contributed by atoms with Gasteiger partial charge in [-0.25, -0.2) is 0 Å². The summed E-state index contributed by atoms with van der Waals surface area (Å²) >= 11 is 7.41. The minimum atomic E-state index is -0.0688. The molecule has 1 heterocycles. The molecule has 0 unspecified atom stereocenters. The standard InChI is InChI=1S/C11H15ClN2OS/c1-7-6-16-10(9(7)12)11(15)14-5-4-13-8-2-3-8/h6,8,13H,2-5H2,1H3,(H,14,15). The molecule has 5 heteroatoms. The number of thiophene rings is 1. The molecule has 0 aromatic carbocycles. The van der Waals surface area contributed by atoms with E-state index in [0.717, 1.165) is 12.1 Å². The monoisotopic (exact) mass is 258 g/mol. The van der Waals surface area contributed by atoms with Crippen molar-refractivity contribution in [1.82, 2.24) is 10.6 Å². The highest BCUT2D eigenvalue weighted by Gasteiger charge is 2.20. The Hall–Kier alpha value is -0.580. The van der Waals surface area contributed by atoms with E-state index in [2.05, 4.69) is 10.6 Å². The molecule has 1 aliphatic carbocycles. The van der Waals surface area contributed by atoms with Crippen LogP contribution in [0.4, 0.5) is 0 Å². The summed E-state index contributed by atoms with van der Waals surface area (Å²) in [6, 6.07) is 0.685. The van der Waals surface area contributed by atoms with Crippen molar-refractivity contribution in [3.8, 4) is 0 Å². The first-order valence-electron chi connectivity index (χ1n) is 5.43. The SMILES string of the molecule is Cc1csc(C(=O)NCCNC2CC2)c1Cl. The molecule has 0 aliphatic heterocycles. The van der Waals surface area contributed by atoms with E-state index in [9.17, 15) is 4.79 Å². The van der Waals surface area contributed by atoms with E-state index in [0.29, 0.717) is 22.5 Å². The van der Waals surface area contributed by atoms with Crippen LogP contribution in [0.15, 0.2) is 5.38 Å². The summed E-state index contributed by atoms with van der Waals surface area (Å²) < 4.78 is 0. The van der Waals surface area contributed by atoms with Crippen molar-refractivity contribution in [1.29, 1.82) is 0 Å². The molecule has 1 aromatic heterocycles. The molecule has 2 N–H and O–H groups in total. The zero-order chi connectivity index (χ0) is 11.5. The average molecular weight is 259 g/mol. The Morgan fingerprint density at radius 1 is 1.56 bits per heavy atom. The van der Waals surface area contributed by atoms with E-state index in [1.807, 2.05) is 12.3 Å². The lowest BCUT2D eigenvalue weighted by molar-refractivity contribution is 0.0958. The molecular weight excluding hydrogens is 244 g/mol. The van der Waals surface area contributed by atoms with Crippen LogP contribution in [-0.4, -0.2) is 25.0 Å². The largest absolute Gasteiger partial charge is 0.350 e. The van der Waals surface area contributed by atoms with Crippen LogP contribution in [0.2, 0.25) is 5.02 Å². The summed E-state index contributed by atoms with van der Waals surface area (Å²) in [5, 5.41) is 8.68. The van der Waals surface area contributed by atoms with Gasteiger partial charge in [0.15, 0.2) is 0 Å². The smallest absolute Gasteiger partial charge is 0.262 e. The predicted molar refractivity (Wildman–Crippen MR) is 67.4 cm³/mol. The fraction of sp³-hybridized carbons (Fsp3) is 0.545. The second-order valence-corrected chi connectivity index (χ2v) is 5.30. The lowest BCUT2D eigenvalue weighted by Crippen LogP contribution is -2.32. The number of aryl methyl sites for hydroxylation is 1. The molecule has 0 spiro atoms. The molecular formula is C11H15ClN2OS. The van der Waals surface area contributed by atoms with Crippen molar-refractivity contribution in [3.63, 3.8) is 0 Å². The van der Waals surface area contributed by atoms with Crippen LogP contribution in [0.3, 0.4) is 0 Å². The van der Waals surface area contributed by atoms with Gasteiger partial charge in [-0.2, -0.15) is 0 Å². The number of amides is 1. The summed E-state index contributed by atoms with van der Waals surface area (Å²) in [6.07, 6.45) is 2.54. The number of halogens is 1. The highest BCUT2D eigenvalue weighted by Crippen LogP contribution is 2.26. The number of hydrogen-bond donors (Lipinski definition) is 2. The van der Waals surface area contributed by atoms with Crippen LogP contribution in [0, 0.1) is 6.92 Å². The summed E-state index contributed by atoms with van der Waals surface area (Å²) in [5.41, 5.74) is 0.966. The van der Waals surface area contributed by atoms with Crippen molar-refractivity contribution < 1.29 is 4.79 Å². The third-order valence-corrected chi connectivity index (χ3v) is 4.22. The normalized spacial score (nSPS) is 15.1. The van der Waals surface area contributed by atoms with Gasteiger partial charge in [0.25, 0.3) is 5.91 Å². The maximum absolute atomic E-state index is 11.7. The summed E-state index contributed by atoms with van der Waals surface area (Å²) in [4.78, 5) is 12.3. The quantitative estimate of drug-likeness (QED) is 0.795. The molecule has 0 bridgehead atoms. The third kappa shape index (κ3) is 2.97. The summed E-state index contributed by atoms with van der Waals surface area (Å²) in [6.45, 7) is 3.39. The van der Waals surface area contributed by atoms with Crippen molar-refractivity contribution in [3.05, 3.63) is 20.8 Å². The maximum Gasteiger partial charge on any atom is 0.262 e. The zero-order valence-electron chi connectivity index (χ0n) is 9.18. The van der Waals surface area contributed by atoms with Crippen molar-refractivity contribution in [2.45, 2.75) is 25.8 Å². The number of rotatable bonds is 5. The average Bonchev–Trinajstić information content (AvgIpc) is 3.02. The Labute approximate surface area is 104 Å². The molecule has 1 fully saturated rings. The minimum absolute atomic E-state index is 0.0688. The highest BCUT2D eigenvalue weighted by atomic mass is 35.5. The van der Waals surface area contributed by atoms with E-state index >= 15 is 0 Å². The van der Waals surface area contributed by atoms with Gasteiger partial charge in [0.2, 0.25) is 0 Å². The van der Waals surface area contributed by atoms with Crippen LogP contribution in [0.25, 0.3) is 0 Å². The molecule has 16 heavy (non-hydrogen) atoms. The van der Waals surface area contributed by atoms with Crippen LogP contribution < -0.4 is 10.6 Å². The molecule has 1 aliphatic rings. The van der Waals surface area contributed by atoms with Gasteiger partial charge in [-0.15, -0.1) is 11.3 Å². The van der Waals surface area contributed by atoms with Crippen molar-refractivity contribution >= 4 is 28.8 Å². The molecule has 0 saturated heterocycles. The second kappa shape index (κ2) is 5.17. The van der Waals surface area contributed by atoms with E-state index in [1.54, 1.807) is 0 Å². The number of carbonyl (C=O) groups excluding carboxylic acids is 1. The van der Waals surface area contributed by atoms with Crippen LogP contribution in [0.1, 0.15) is 28.1 Å². The molecule has 1 amide bonds. The van der Waals surface area contributed by atoms with Gasteiger partial charge in [-0.1, -0.05) is 11.6 Å². The first kappa shape index (κ1) is 11.9. The Morgan fingerprint density at radius 3 is 2.88 bits per heavy atom. The van der Waals surface area contributed by atoms with Gasteiger partial charge in [0.1, 0.15) is 4.88 Å². The maximum atomic E-state index is 11.7. The zero-order valence-corrected chi connectivity index (χ0v) is 10.8. The van der Waals surface area contributed by atoms with Gasteiger partial charge in [0.05, 0.1) is 5.02 Å². The molecule has 2 rings (SSSR count). The Bertz CT molecular complexity index is 387. The van der Waals surface area contributed by atoms with Crippen LogP contribution in [-0.2, 0) is 0 Å². The molecule has 3 nitrogen and oxygen atoms in total. The predicted octanol–water partition coefficient (Wildman–Crippen LogP) is 2.19. The highest BCUT2D eigenvalue weighted by molar-refractivity contribution is 7.13.